The number of aryl methyl sites for hydroxylation is 1. The van der Waals surface area contributed by atoms with Crippen molar-refractivity contribution >= 4 is 33.4 Å². The van der Waals surface area contributed by atoms with Crippen molar-refractivity contribution in [2.75, 3.05) is 6.61 Å². The molecule has 1 amide bonds. The maximum absolute atomic E-state index is 12.7. The SMILES string of the molecule is CCCCc1ccc2c(c1)sc(=NC(=O)c1ccn(C(C)C)n1)n2CC(=O)OCC. The molecular weight excluding hydrogens is 400 g/mol. The first-order chi connectivity index (χ1) is 14.4. The van der Waals surface area contributed by atoms with E-state index in [1.807, 2.05) is 19.9 Å². The molecule has 160 valence electrons. The van der Waals surface area contributed by atoms with Crippen LogP contribution in [0.5, 0.6) is 0 Å². The molecule has 2 aromatic heterocycles. The van der Waals surface area contributed by atoms with Gasteiger partial charge in [0.25, 0.3) is 5.91 Å². The highest BCUT2D eigenvalue weighted by Gasteiger charge is 2.15. The molecule has 8 heteroatoms. The highest BCUT2D eigenvalue weighted by atomic mass is 32.1. The van der Waals surface area contributed by atoms with Crippen molar-refractivity contribution in [3.05, 3.63) is 46.5 Å². The fourth-order valence-electron chi connectivity index (χ4n) is 3.11. The summed E-state index contributed by atoms with van der Waals surface area (Å²) in [6.45, 7) is 8.24. The van der Waals surface area contributed by atoms with Gasteiger partial charge in [-0.1, -0.05) is 30.7 Å². The molecule has 0 fully saturated rings. The van der Waals surface area contributed by atoms with E-state index in [0.29, 0.717) is 11.4 Å². The Bertz CT molecular complexity index is 1110. The molecule has 30 heavy (non-hydrogen) atoms. The number of ether oxygens (including phenoxy) is 1. The third-order valence-corrected chi connectivity index (χ3v) is 5.75. The van der Waals surface area contributed by atoms with Crippen LogP contribution in [0, 0.1) is 0 Å². The molecule has 0 bridgehead atoms. The minimum atomic E-state index is -0.426. The summed E-state index contributed by atoms with van der Waals surface area (Å²) in [6, 6.07) is 8.01. The third-order valence-electron chi connectivity index (χ3n) is 4.71. The number of amides is 1. The van der Waals surface area contributed by atoms with E-state index in [2.05, 4.69) is 29.1 Å². The Hall–Kier alpha value is -2.74. The number of carbonyl (C=O) groups excluding carboxylic acids is 2. The van der Waals surface area contributed by atoms with Crippen LogP contribution in [0.1, 0.15) is 62.6 Å². The molecule has 0 atom stereocenters. The molecule has 0 unspecified atom stereocenters. The number of thiazole rings is 1. The Labute approximate surface area is 180 Å². The molecule has 3 rings (SSSR count). The van der Waals surface area contributed by atoms with Crippen molar-refractivity contribution in [3.63, 3.8) is 0 Å². The second-order valence-electron chi connectivity index (χ2n) is 7.37. The first-order valence-electron chi connectivity index (χ1n) is 10.3. The molecule has 7 nitrogen and oxygen atoms in total. The largest absolute Gasteiger partial charge is 0.465 e. The van der Waals surface area contributed by atoms with Crippen molar-refractivity contribution in [1.29, 1.82) is 0 Å². The average Bonchev–Trinajstić information content (AvgIpc) is 3.32. The second-order valence-corrected chi connectivity index (χ2v) is 8.38. The lowest BCUT2D eigenvalue weighted by Gasteiger charge is -2.06. The van der Waals surface area contributed by atoms with Gasteiger partial charge >= 0.3 is 5.97 Å². The summed E-state index contributed by atoms with van der Waals surface area (Å²) in [5.41, 5.74) is 2.39. The summed E-state index contributed by atoms with van der Waals surface area (Å²) in [5.74, 6) is -0.782. The Morgan fingerprint density at radius 1 is 1.23 bits per heavy atom. The number of benzene rings is 1. The molecule has 0 radical (unpaired) electrons. The topological polar surface area (TPSA) is 78.5 Å². The van der Waals surface area contributed by atoms with Crippen LogP contribution in [0.4, 0.5) is 0 Å². The molecule has 2 heterocycles. The summed E-state index contributed by atoms with van der Waals surface area (Å²) in [7, 11) is 0. The predicted octanol–water partition coefficient (Wildman–Crippen LogP) is 4.13. The van der Waals surface area contributed by atoms with Crippen LogP contribution in [0.15, 0.2) is 35.5 Å². The zero-order valence-electron chi connectivity index (χ0n) is 17.9. The molecule has 0 spiro atoms. The highest BCUT2D eigenvalue weighted by Crippen LogP contribution is 2.21. The van der Waals surface area contributed by atoms with Gasteiger partial charge in [-0.25, -0.2) is 0 Å². The number of hydrogen-bond donors (Lipinski definition) is 0. The molecular formula is C22H28N4O3S. The molecule has 0 aliphatic rings. The van der Waals surface area contributed by atoms with E-state index in [9.17, 15) is 9.59 Å². The van der Waals surface area contributed by atoms with Crippen LogP contribution in [0.2, 0.25) is 0 Å². The van der Waals surface area contributed by atoms with Gasteiger partial charge in [-0.05, 0) is 57.4 Å². The second kappa shape index (κ2) is 9.84. The molecule has 1 aromatic carbocycles. The standard InChI is InChI=1S/C22H28N4O3S/c1-5-7-8-16-9-10-18-19(13-16)30-22(25(18)14-20(27)29-6-2)23-21(28)17-11-12-26(24-17)15(3)4/h9-13,15H,5-8,14H2,1-4H3. The zero-order chi connectivity index (χ0) is 21.7. The molecule has 3 aromatic rings. The van der Waals surface area contributed by atoms with Gasteiger partial charge in [-0.2, -0.15) is 10.1 Å². The van der Waals surface area contributed by atoms with E-state index >= 15 is 0 Å². The molecule has 0 aliphatic carbocycles. The minimum absolute atomic E-state index is 0.00863. The lowest BCUT2D eigenvalue weighted by atomic mass is 10.1. The maximum atomic E-state index is 12.7. The molecule has 0 saturated carbocycles. The molecule has 0 saturated heterocycles. The number of unbranched alkanes of at least 4 members (excludes halogenated alkanes) is 1. The van der Waals surface area contributed by atoms with Crippen molar-refractivity contribution in [2.24, 2.45) is 4.99 Å². The highest BCUT2D eigenvalue weighted by molar-refractivity contribution is 7.16. The van der Waals surface area contributed by atoms with Gasteiger partial charge in [0.05, 0.1) is 16.8 Å². The first-order valence-corrected chi connectivity index (χ1v) is 11.2. The van der Waals surface area contributed by atoms with Crippen LogP contribution in [-0.2, 0) is 22.5 Å². The van der Waals surface area contributed by atoms with Gasteiger partial charge < -0.3 is 9.30 Å². The number of nitrogens with zero attached hydrogens (tertiary/aromatic N) is 4. The third kappa shape index (κ3) is 5.05. The van der Waals surface area contributed by atoms with E-state index in [1.165, 1.54) is 16.9 Å². The number of fused-ring (bicyclic) bond motifs is 1. The lowest BCUT2D eigenvalue weighted by molar-refractivity contribution is -0.143. The first kappa shape index (κ1) is 22.0. The number of rotatable bonds is 8. The number of hydrogen-bond acceptors (Lipinski definition) is 5. The Morgan fingerprint density at radius 3 is 2.70 bits per heavy atom. The van der Waals surface area contributed by atoms with E-state index in [-0.39, 0.29) is 24.2 Å². The summed E-state index contributed by atoms with van der Waals surface area (Å²) in [6.07, 6.45) is 5.02. The van der Waals surface area contributed by atoms with E-state index < -0.39 is 5.91 Å². The van der Waals surface area contributed by atoms with E-state index in [4.69, 9.17) is 4.74 Å². The number of esters is 1. The van der Waals surface area contributed by atoms with Gasteiger partial charge in [0, 0.05) is 12.2 Å². The number of aromatic nitrogens is 3. The van der Waals surface area contributed by atoms with Crippen LogP contribution < -0.4 is 4.80 Å². The lowest BCUT2D eigenvalue weighted by Crippen LogP contribution is -2.23. The smallest absolute Gasteiger partial charge is 0.326 e. The van der Waals surface area contributed by atoms with E-state index in [1.54, 1.807) is 28.4 Å². The van der Waals surface area contributed by atoms with Crippen LogP contribution in [-0.4, -0.2) is 32.8 Å². The van der Waals surface area contributed by atoms with Crippen LogP contribution >= 0.6 is 11.3 Å². The van der Waals surface area contributed by atoms with E-state index in [0.717, 1.165) is 29.5 Å². The van der Waals surface area contributed by atoms with Gasteiger partial charge in [0.1, 0.15) is 6.54 Å². The van der Waals surface area contributed by atoms with Crippen LogP contribution in [0.3, 0.4) is 0 Å². The van der Waals surface area contributed by atoms with Crippen molar-refractivity contribution in [3.8, 4) is 0 Å². The molecule has 0 aliphatic heterocycles. The summed E-state index contributed by atoms with van der Waals surface area (Å²) >= 11 is 1.40. The fraction of sp³-hybridized carbons (Fsp3) is 0.455. The van der Waals surface area contributed by atoms with Crippen molar-refractivity contribution in [1.82, 2.24) is 14.3 Å². The predicted molar refractivity (Wildman–Crippen MR) is 118 cm³/mol. The number of carbonyl (C=O) groups is 2. The zero-order valence-corrected chi connectivity index (χ0v) is 18.7. The van der Waals surface area contributed by atoms with Gasteiger partial charge in [-0.3, -0.25) is 14.3 Å². The van der Waals surface area contributed by atoms with Gasteiger partial charge in [0.15, 0.2) is 10.5 Å². The maximum Gasteiger partial charge on any atom is 0.326 e. The summed E-state index contributed by atoms with van der Waals surface area (Å²) in [4.78, 5) is 29.7. The van der Waals surface area contributed by atoms with Gasteiger partial charge in [-0.15, -0.1) is 0 Å². The normalized spacial score (nSPS) is 12.1. The van der Waals surface area contributed by atoms with Crippen molar-refractivity contribution in [2.45, 2.75) is 59.5 Å². The van der Waals surface area contributed by atoms with Gasteiger partial charge in [0.2, 0.25) is 0 Å². The van der Waals surface area contributed by atoms with Crippen LogP contribution in [0.25, 0.3) is 10.2 Å². The fourth-order valence-corrected chi connectivity index (χ4v) is 4.20. The average molecular weight is 429 g/mol. The van der Waals surface area contributed by atoms with Crippen molar-refractivity contribution < 1.29 is 14.3 Å². The summed E-state index contributed by atoms with van der Waals surface area (Å²) in [5, 5.41) is 4.30. The Morgan fingerprint density at radius 2 is 2.03 bits per heavy atom. The monoisotopic (exact) mass is 428 g/mol. The molecule has 0 N–H and O–H groups in total. The minimum Gasteiger partial charge on any atom is -0.465 e. The Kier molecular flexibility index (Phi) is 7.20. The summed E-state index contributed by atoms with van der Waals surface area (Å²) < 4.78 is 9.58. The quantitative estimate of drug-likeness (QED) is 0.506. The Balaban J connectivity index is 2.04.